The summed E-state index contributed by atoms with van der Waals surface area (Å²) >= 11 is 7.43. The minimum absolute atomic E-state index is 0.000812. The molecule has 6 heteroatoms. The summed E-state index contributed by atoms with van der Waals surface area (Å²) in [4.78, 5) is 28.7. The molecule has 1 aromatic heterocycles. The van der Waals surface area contributed by atoms with Crippen molar-refractivity contribution < 1.29 is 9.59 Å². The van der Waals surface area contributed by atoms with Gasteiger partial charge < -0.3 is 10.2 Å². The summed E-state index contributed by atoms with van der Waals surface area (Å²) in [5.41, 5.74) is 1.71. The molecular formula is C19H21ClN2O2S. The Bertz CT molecular complexity index is 785. The molecule has 4 nitrogen and oxygen atoms in total. The Morgan fingerprint density at radius 3 is 2.72 bits per heavy atom. The van der Waals surface area contributed by atoms with Crippen molar-refractivity contribution in [3.63, 3.8) is 0 Å². The van der Waals surface area contributed by atoms with Crippen molar-refractivity contribution in [3.05, 3.63) is 56.2 Å². The molecular weight excluding hydrogens is 356 g/mol. The molecule has 0 saturated carbocycles. The molecule has 2 heterocycles. The van der Waals surface area contributed by atoms with E-state index in [9.17, 15) is 9.59 Å². The first-order valence-corrected chi connectivity index (χ1v) is 9.64. The van der Waals surface area contributed by atoms with Crippen LogP contribution in [0.5, 0.6) is 0 Å². The van der Waals surface area contributed by atoms with Gasteiger partial charge in [-0.05, 0) is 55.7 Å². The molecule has 1 N–H and O–H groups in total. The molecule has 0 radical (unpaired) electrons. The van der Waals surface area contributed by atoms with Crippen LogP contribution in [0.2, 0.25) is 5.02 Å². The first-order valence-electron chi connectivity index (χ1n) is 8.45. The summed E-state index contributed by atoms with van der Waals surface area (Å²) in [5, 5.41) is 3.62. The van der Waals surface area contributed by atoms with Gasteiger partial charge in [-0.25, -0.2) is 0 Å². The van der Waals surface area contributed by atoms with Crippen molar-refractivity contribution in [1.82, 2.24) is 10.2 Å². The Morgan fingerprint density at radius 2 is 2.04 bits per heavy atom. The molecule has 3 rings (SSSR count). The Labute approximate surface area is 156 Å². The molecule has 0 saturated heterocycles. The SMILES string of the molecule is CC[C@@H](C)NC(=O)c1cc2c(s1)CCN(C(=O)c1ccc(Cl)cc1)C2. The predicted octanol–water partition coefficient (Wildman–Crippen LogP) is 4.13. The second-order valence-corrected chi connectivity index (χ2v) is 7.90. The molecule has 0 aliphatic carbocycles. The van der Waals surface area contributed by atoms with E-state index in [1.54, 1.807) is 24.3 Å². The monoisotopic (exact) mass is 376 g/mol. The number of nitrogens with one attached hydrogen (secondary N) is 1. The van der Waals surface area contributed by atoms with Crippen LogP contribution in [0.1, 0.15) is 50.7 Å². The normalized spacial score (nSPS) is 14.8. The van der Waals surface area contributed by atoms with Gasteiger partial charge in [0.2, 0.25) is 0 Å². The van der Waals surface area contributed by atoms with Crippen molar-refractivity contribution in [1.29, 1.82) is 0 Å². The summed E-state index contributed by atoms with van der Waals surface area (Å²) in [6.07, 6.45) is 1.69. The zero-order chi connectivity index (χ0) is 18.0. The number of benzene rings is 1. The highest BCUT2D eigenvalue weighted by molar-refractivity contribution is 7.14. The fourth-order valence-corrected chi connectivity index (χ4v) is 3.98. The lowest BCUT2D eigenvalue weighted by Crippen LogP contribution is -2.35. The van der Waals surface area contributed by atoms with Crippen LogP contribution in [0, 0.1) is 0 Å². The molecule has 1 aliphatic rings. The quantitative estimate of drug-likeness (QED) is 0.872. The Morgan fingerprint density at radius 1 is 1.32 bits per heavy atom. The molecule has 0 bridgehead atoms. The fourth-order valence-electron chi connectivity index (χ4n) is 2.79. The highest BCUT2D eigenvalue weighted by Gasteiger charge is 2.25. The molecule has 2 amide bonds. The maximum Gasteiger partial charge on any atom is 0.261 e. The van der Waals surface area contributed by atoms with Crippen LogP contribution in [-0.2, 0) is 13.0 Å². The van der Waals surface area contributed by atoms with Gasteiger partial charge in [-0.1, -0.05) is 18.5 Å². The number of halogens is 1. The van der Waals surface area contributed by atoms with E-state index in [2.05, 4.69) is 5.32 Å². The van der Waals surface area contributed by atoms with Gasteiger partial charge in [0.1, 0.15) is 0 Å². The van der Waals surface area contributed by atoms with Gasteiger partial charge in [-0.15, -0.1) is 11.3 Å². The van der Waals surface area contributed by atoms with E-state index in [1.807, 2.05) is 24.8 Å². The third kappa shape index (κ3) is 4.05. The number of fused-ring (bicyclic) bond motifs is 1. The van der Waals surface area contributed by atoms with Crippen molar-refractivity contribution in [2.45, 2.75) is 39.3 Å². The van der Waals surface area contributed by atoms with E-state index in [4.69, 9.17) is 11.6 Å². The van der Waals surface area contributed by atoms with Gasteiger partial charge >= 0.3 is 0 Å². The molecule has 0 unspecified atom stereocenters. The van der Waals surface area contributed by atoms with Gasteiger partial charge in [0.05, 0.1) is 4.88 Å². The zero-order valence-electron chi connectivity index (χ0n) is 14.3. The number of hydrogen-bond acceptors (Lipinski definition) is 3. The van der Waals surface area contributed by atoms with Crippen LogP contribution in [0.25, 0.3) is 0 Å². The van der Waals surface area contributed by atoms with Crippen LogP contribution in [0.4, 0.5) is 0 Å². The van der Waals surface area contributed by atoms with E-state index in [0.29, 0.717) is 23.7 Å². The molecule has 132 valence electrons. The standard InChI is InChI=1S/C19H21ClN2O2S/c1-3-12(2)21-18(23)17-10-14-11-22(9-8-16(14)25-17)19(24)13-4-6-15(20)7-5-13/h4-7,10,12H,3,8-9,11H2,1-2H3,(H,21,23)/t12-/m1/s1. The summed E-state index contributed by atoms with van der Waals surface area (Å²) in [7, 11) is 0. The molecule has 0 fully saturated rings. The topological polar surface area (TPSA) is 49.4 Å². The molecule has 1 aliphatic heterocycles. The van der Waals surface area contributed by atoms with Crippen LogP contribution in [-0.4, -0.2) is 29.3 Å². The Kier molecular flexibility index (Phi) is 5.45. The Hall–Kier alpha value is -1.85. The number of rotatable bonds is 4. The molecule has 0 spiro atoms. The lowest BCUT2D eigenvalue weighted by Gasteiger charge is -2.27. The van der Waals surface area contributed by atoms with Gasteiger partial charge in [0.25, 0.3) is 11.8 Å². The maximum atomic E-state index is 12.7. The van der Waals surface area contributed by atoms with E-state index >= 15 is 0 Å². The Balaban J connectivity index is 1.72. The number of carbonyl (C=O) groups excluding carboxylic acids is 2. The second kappa shape index (κ2) is 7.58. The van der Waals surface area contributed by atoms with E-state index in [-0.39, 0.29) is 17.9 Å². The third-order valence-corrected chi connectivity index (χ3v) is 5.95. The summed E-state index contributed by atoms with van der Waals surface area (Å²) in [6.45, 7) is 5.26. The third-order valence-electron chi connectivity index (χ3n) is 4.46. The fraction of sp³-hybridized carbons (Fsp3) is 0.368. The van der Waals surface area contributed by atoms with Crippen molar-refractivity contribution >= 4 is 34.8 Å². The van der Waals surface area contributed by atoms with Crippen molar-refractivity contribution in [2.75, 3.05) is 6.54 Å². The van der Waals surface area contributed by atoms with Crippen molar-refractivity contribution in [2.24, 2.45) is 0 Å². The van der Waals surface area contributed by atoms with Crippen molar-refractivity contribution in [3.8, 4) is 0 Å². The summed E-state index contributed by atoms with van der Waals surface area (Å²) < 4.78 is 0. The lowest BCUT2D eigenvalue weighted by atomic mass is 10.1. The molecule has 25 heavy (non-hydrogen) atoms. The van der Waals surface area contributed by atoms with E-state index in [1.165, 1.54) is 16.2 Å². The minimum atomic E-state index is -0.0238. The average Bonchev–Trinajstić information content (AvgIpc) is 3.05. The molecule has 1 atom stereocenters. The number of thiophene rings is 1. The molecule has 2 aromatic rings. The average molecular weight is 377 g/mol. The lowest BCUT2D eigenvalue weighted by molar-refractivity contribution is 0.0736. The first kappa shape index (κ1) is 18.0. The summed E-state index contributed by atoms with van der Waals surface area (Å²) in [6, 6.07) is 9.05. The van der Waals surface area contributed by atoms with Gasteiger partial charge in [0.15, 0.2) is 0 Å². The summed E-state index contributed by atoms with van der Waals surface area (Å²) in [5.74, 6) is -0.0246. The van der Waals surface area contributed by atoms with Crippen LogP contribution < -0.4 is 5.32 Å². The minimum Gasteiger partial charge on any atom is -0.349 e. The van der Waals surface area contributed by atoms with E-state index < -0.39 is 0 Å². The van der Waals surface area contributed by atoms with Gasteiger partial charge in [-0.3, -0.25) is 9.59 Å². The van der Waals surface area contributed by atoms with Crippen LogP contribution in [0.15, 0.2) is 30.3 Å². The number of carbonyl (C=O) groups is 2. The van der Waals surface area contributed by atoms with Gasteiger partial charge in [-0.2, -0.15) is 0 Å². The highest BCUT2D eigenvalue weighted by atomic mass is 35.5. The first-order chi connectivity index (χ1) is 12.0. The molecule has 1 aromatic carbocycles. The maximum absolute atomic E-state index is 12.7. The largest absolute Gasteiger partial charge is 0.349 e. The smallest absolute Gasteiger partial charge is 0.261 e. The number of hydrogen-bond donors (Lipinski definition) is 1. The van der Waals surface area contributed by atoms with Crippen LogP contribution in [0.3, 0.4) is 0 Å². The second-order valence-electron chi connectivity index (χ2n) is 6.33. The van der Waals surface area contributed by atoms with Crippen LogP contribution >= 0.6 is 22.9 Å². The van der Waals surface area contributed by atoms with E-state index in [0.717, 1.165) is 23.3 Å². The number of nitrogens with zero attached hydrogens (tertiary/aromatic N) is 1. The zero-order valence-corrected chi connectivity index (χ0v) is 15.9. The predicted molar refractivity (Wildman–Crippen MR) is 101 cm³/mol. The highest BCUT2D eigenvalue weighted by Crippen LogP contribution is 2.29. The van der Waals surface area contributed by atoms with Gasteiger partial charge in [0, 0.05) is 34.6 Å². The number of amides is 2.